The molecule has 1 aliphatic heterocycles. The summed E-state index contributed by atoms with van der Waals surface area (Å²) in [6.07, 6.45) is 5.83. The molecule has 3 heterocycles. The summed E-state index contributed by atoms with van der Waals surface area (Å²) in [6.45, 7) is 2.40. The minimum absolute atomic E-state index is 0.449. The average Bonchev–Trinajstić information content (AvgIpc) is 3.32. The largest absolute Gasteiger partial charge is 0.439 e. The molecule has 1 fully saturated rings. The van der Waals surface area contributed by atoms with Crippen molar-refractivity contribution in [1.82, 2.24) is 24.9 Å². The molecule has 0 bridgehead atoms. The third-order valence-electron chi connectivity index (χ3n) is 4.31. The number of rotatable bonds is 5. The predicted molar refractivity (Wildman–Crippen MR) is 86.8 cm³/mol. The summed E-state index contributed by atoms with van der Waals surface area (Å²) >= 11 is 0. The van der Waals surface area contributed by atoms with Crippen LogP contribution in [0.3, 0.4) is 0 Å². The Hall–Kier alpha value is -2.51. The molecule has 1 unspecified atom stereocenters. The smallest absolute Gasteiger partial charge is 0.209 e. The molecule has 2 aromatic heterocycles. The van der Waals surface area contributed by atoms with Gasteiger partial charge in [0, 0.05) is 24.8 Å². The number of nitrogens with zero attached hydrogens (tertiary/aromatic N) is 5. The van der Waals surface area contributed by atoms with Crippen LogP contribution in [0.4, 0.5) is 0 Å². The van der Waals surface area contributed by atoms with E-state index >= 15 is 0 Å². The van der Waals surface area contributed by atoms with Gasteiger partial charge in [-0.3, -0.25) is 4.90 Å². The summed E-state index contributed by atoms with van der Waals surface area (Å²) in [5.74, 6) is 1.43. The van der Waals surface area contributed by atoms with Crippen molar-refractivity contribution in [3.8, 4) is 11.3 Å². The third-order valence-corrected chi connectivity index (χ3v) is 4.31. The van der Waals surface area contributed by atoms with Crippen molar-refractivity contribution in [3.63, 3.8) is 0 Å². The molecule has 0 amide bonds. The van der Waals surface area contributed by atoms with Crippen LogP contribution >= 0.6 is 0 Å². The fraction of sp³-hybridized carbons (Fsp3) is 0.353. The molecule has 1 saturated heterocycles. The highest BCUT2D eigenvalue weighted by atomic mass is 16.4. The molecular weight excluding hydrogens is 306 g/mol. The Morgan fingerprint density at radius 1 is 1.25 bits per heavy atom. The Morgan fingerprint density at radius 3 is 2.92 bits per heavy atom. The maximum atomic E-state index is 10.7. The Bertz CT molecular complexity index is 786. The SMILES string of the molecule is OC1(Cn2ccnn2)CCN(Cc2ncc(-c3ccccc3)o2)C1. The number of likely N-dealkylation sites (tertiary alicyclic amines) is 1. The maximum Gasteiger partial charge on any atom is 0.209 e. The Kier molecular flexibility index (Phi) is 3.87. The number of benzene rings is 1. The van der Waals surface area contributed by atoms with Crippen molar-refractivity contribution in [2.24, 2.45) is 0 Å². The summed E-state index contributed by atoms with van der Waals surface area (Å²) in [5, 5.41) is 18.4. The van der Waals surface area contributed by atoms with Gasteiger partial charge in [0.05, 0.1) is 31.1 Å². The van der Waals surface area contributed by atoms with E-state index in [2.05, 4.69) is 20.2 Å². The first-order valence-corrected chi connectivity index (χ1v) is 7.99. The molecule has 0 aliphatic carbocycles. The molecule has 3 aromatic rings. The van der Waals surface area contributed by atoms with Crippen LogP contribution in [0.15, 0.2) is 53.3 Å². The van der Waals surface area contributed by atoms with E-state index in [0.717, 1.165) is 17.9 Å². The molecule has 0 saturated carbocycles. The van der Waals surface area contributed by atoms with Crippen molar-refractivity contribution in [3.05, 3.63) is 54.8 Å². The molecule has 0 spiro atoms. The van der Waals surface area contributed by atoms with Gasteiger partial charge in [-0.25, -0.2) is 9.67 Å². The topological polar surface area (TPSA) is 80.2 Å². The number of β-amino-alcohol motifs (C(OH)–C–C–N with tert-alkyl or cyclic N) is 1. The minimum atomic E-state index is -0.789. The van der Waals surface area contributed by atoms with Crippen LogP contribution in [0.2, 0.25) is 0 Å². The highest BCUT2D eigenvalue weighted by molar-refractivity contribution is 5.55. The highest BCUT2D eigenvalue weighted by Gasteiger charge is 2.37. The van der Waals surface area contributed by atoms with Crippen molar-refractivity contribution in [2.45, 2.75) is 25.1 Å². The van der Waals surface area contributed by atoms with Crippen LogP contribution in [0.5, 0.6) is 0 Å². The highest BCUT2D eigenvalue weighted by Crippen LogP contribution is 2.26. The second-order valence-corrected chi connectivity index (χ2v) is 6.27. The van der Waals surface area contributed by atoms with Crippen molar-refractivity contribution >= 4 is 0 Å². The van der Waals surface area contributed by atoms with Crippen molar-refractivity contribution in [1.29, 1.82) is 0 Å². The first-order valence-electron chi connectivity index (χ1n) is 7.99. The fourth-order valence-electron chi connectivity index (χ4n) is 3.13. The van der Waals surface area contributed by atoms with Gasteiger partial charge in [-0.1, -0.05) is 35.5 Å². The van der Waals surface area contributed by atoms with Crippen LogP contribution in [0.1, 0.15) is 12.3 Å². The lowest BCUT2D eigenvalue weighted by atomic mass is 10.0. The monoisotopic (exact) mass is 325 g/mol. The lowest BCUT2D eigenvalue weighted by Crippen LogP contribution is -2.37. The van der Waals surface area contributed by atoms with E-state index in [-0.39, 0.29) is 0 Å². The van der Waals surface area contributed by atoms with Gasteiger partial charge in [-0.15, -0.1) is 5.10 Å². The Labute approximate surface area is 139 Å². The first-order chi connectivity index (χ1) is 11.7. The van der Waals surface area contributed by atoms with E-state index in [9.17, 15) is 5.11 Å². The Morgan fingerprint density at radius 2 is 2.12 bits per heavy atom. The molecule has 124 valence electrons. The van der Waals surface area contributed by atoms with Gasteiger partial charge in [0.15, 0.2) is 5.76 Å². The third kappa shape index (κ3) is 3.22. The van der Waals surface area contributed by atoms with Crippen LogP contribution in [0.25, 0.3) is 11.3 Å². The van der Waals surface area contributed by atoms with Crippen LogP contribution in [-0.4, -0.2) is 48.7 Å². The predicted octanol–water partition coefficient (Wildman–Crippen LogP) is 1.57. The van der Waals surface area contributed by atoms with Gasteiger partial charge in [0.25, 0.3) is 0 Å². The maximum absolute atomic E-state index is 10.7. The first kappa shape index (κ1) is 15.0. The van der Waals surface area contributed by atoms with E-state index < -0.39 is 5.60 Å². The zero-order valence-electron chi connectivity index (χ0n) is 13.2. The quantitative estimate of drug-likeness (QED) is 0.767. The zero-order valence-corrected chi connectivity index (χ0v) is 13.2. The van der Waals surface area contributed by atoms with Crippen LogP contribution in [-0.2, 0) is 13.1 Å². The summed E-state index contributed by atoms with van der Waals surface area (Å²) in [7, 11) is 0. The minimum Gasteiger partial charge on any atom is -0.439 e. The standard InChI is InChI=1S/C17H19N5O2/c23-17(13-22-9-7-19-20-22)6-8-21(12-17)11-16-18-10-15(24-16)14-4-2-1-3-5-14/h1-5,7,9-10,23H,6,8,11-13H2. The van der Waals surface area contributed by atoms with Crippen molar-refractivity contribution < 1.29 is 9.52 Å². The molecule has 1 atom stereocenters. The van der Waals surface area contributed by atoms with Gasteiger partial charge in [-0.05, 0) is 6.42 Å². The van der Waals surface area contributed by atoms with Crippen LogP contribution < -0.4 is 0 Å². The summed E-state index contributed by atoms with van der Waals surface area (Å²) in [6, 6.07) is 9.92. The van der Waals surface area contributed by atoms with Gasteiger partial charge in [0.2, 0.25) is 5.89 Å². The van der Waals surface area contributed by atoms with Crippen LogP contribution in [0, 0.1) is 0 Å². The van der Waals surface area contributed by atoms with Gasteiger partial charge in [-0.2, -0.15) is 0 Å². The van der Waals surface area contributed by atoms with Crippen molar-refractivity contribution in [2.75, 3.05) is 13.1 Å². The lowest BCUT2D eigenvalue weighted by molar-refractivity contribution is 0.0267. The molecule has 0 radical (unpaired) electrons. The second kappa shape index (κ2) is 6.18. The van der Waals surface area contributed by atoms with E-state index in [1.165, 1.54) is 0 Å². The van der Waals surface area contributed by atoms with Gasteiger partial charge >= 0.3 is 0 Å². The van der Waals surface area contributed by atoms with E-state index in [0.29, 0.717) is 31.9 Å². The summed E-state index contributed by atoms with van der Waals surface area (Å²) in [4.78, 5) is 6.51. The molecule has 1 N–H and O–H groups in total. The number of hydrogen-bond acceptors (Lipinski definition) is 6. The van der Waals surface area contributed by atoms with Gasteiger partial charge in [0.1, 0.15) is 0 Å². The molecule has 7 heteroatoms. The number of hydrogen-bond donors (Lipinski definition) is 1. The fourth-order valence-corrected chi connectivity index (χ4v) is 3.13. The van der Waals surface area contributed by atoms with E-state index in [1.807, 2.05) is 30.3 Å². The molecule has 4 rings (SSSR count). The van der Waals surface area contributed by atoms with E-state index in [4.69, 9.17) is 4.42 Å². The second-order valence-electron chi connectivity index (χ2n) is 6.27. The lowest BCUT2D eigenvalue weighted by Gasteiger charge is -2.22. The molecule has 7 nitrogen and oxygen atoms in total. The normalized spacial score (nSPS) is 21.4. The molecular formula is C17H19N5O2. The molecule has 24 heavy (non-hydrogen) atoms. The molecule has 1 aromatic carbocycles. The van der Waals surface area contributed by atoms with Gasteiger partial charge < -0.3 is 9.52 Å². The Balaban J connectivity index is 1.39. The number of oxazole rings is 1. The average molecular weight is 325 g/mol. The molecule has 1 aliphatic rings. The summed E-state index contributed by atoms with van der Waals surface area (Å²) in [5.41, 5.74) is 0.225. The summed E-state index contributed by atoms with van der Waals surface area (Å²) < 4.78 is 7.51. The number of aromatic nitrogens is 4. The number of aliphatic hydroxyl groups is 1. The van der Waals surface area contributed by atoms with E-state index in [1.54, 1.807) is 23.3 Å². The zero-order chi connectivity index (χ0) is 16.4.